The highest BCUT2D eigenvalue weighted by Gasteiger charge is 2.21. The smallest absolute Gasteiger partial charge is 0.178 e. The van der Waals surface area contributed by atoms with Gasteiger partial charge < -0.3 is 4.90 Å². The van der Waals surface area contributed by atoms with E-state index in [2.05, 4.69) is 11.0 Å². The highest BCUT2D eigenvalue weighted by atomic mass is 32.2. The Hall–Kier alpha value is -1.79. The number of benzene rings is 2. The molecule has 1 aliphatic rings. The lowest BCUT2D eigenvalue weighted by Gasteiger charge is -2.22. The van der Waals surface area contributed by atoms with E-state index in [1.807, 2.05) is 30.5 Å². The number of hydrogen-bond acceptors (Lipinski definition) is 4. The number of thioether (sulfide) groups is 1. The molecule has 0 radical (unpaired) electrons. The van der Waals surface area contributed by atoms with Crippen molar-refractivity contribution in [1.82, 2.24) is 0 Å². The molecule has 0 aromatic heterocycles. The van der Waals surface area contributed by atoms with Crippen molar-refractivity contribution < 1.29 is 12.8 Å². The molecule has 120 valence electrons. The van der Waals surface area contributed by atoms with Crippen molar-refractivity contribution in [2.45, 2.75) is 11.8 Å². The molecule has 1 heterocycles. The van der Waals surface area contributed by atoms with Gasteiger partial charge in [0, 0.05) is 17.5 Å². The summed E-state index contributed by atoms with van der Waals surface area (Å²) in [4.78, 5) is 1.82. The lowest BCUT2D eigenvalue weighted by molar-refractivity contribution is 0.570. The van der Waals surface area contributed by atoms with E-state index >= 15 is 0 Å². The molecule has 0 spiro atoms. The average molecular weight is 349 g/mol. The first-order chi connectivity index (χ1) is 10.9. The minimum absolute atomic E-state index is 0.269. The van der Waals surface area contributed by atoms with Crippen LogP contribution in [-0.2, 0) is 9.84 Å². The summed E-state index contributed by atoms with van der Waals surface area (Å²) in [6.45, 7) is 2.02. The maximum absolute atomic E-state index is 14.2. The van der Waals surface area contributed by atoms with Gasteiger partial charge in [0.1, 0.15) is 10.7 Å². The predicted molar refractivity (Wildman–Crippen MR) is 93.6 cm³/mol. The summed E-state index contributed by atoms with van der Waals surface area (Å²) in [5, 5.41) is 1.97. The van der Waals surface area contributed by atoms with E-state index in [9.17, 15) is 12.8 Å². The summed E-state index contributed by atoms with van der Waals surface area (Å²) >= 11 is 1.62. The maximum atomic E-state index is 14.2. The van der Waals surface area contributed by atoms with E-state index in [0.29, 0.717) is 5.56 Å². The van der Waals surface area contributed by atoms with Gasteiger partial charge >= 0.3 is 0 Å². The second-order valence-corrected chi connectivity index (χ2v) is 8.29. The Balaban J connectivity index is 1.99. The monoisotopic (exact) mass is 349 g/mol. The van der Waals surface area contributed by atoms with Gasteiger partial charge in [-0.1, -0.05) is 18.2 Å². The highest BCUT2D eigenvalue weighted by Crippen LogP contribution is 2.36. The molecule has 0 N–H and O–H groups in total. The molecule has 0 unspecified atom stereocenters. The molecular formula is C17H16FNO2S2. The van der Waals surface area contributed by atoms with Gasteiger partial charge in [-0.05, 0) is 42.2 Å². The minimum Gasteiger partial charge on any atom is -0.330 e. The minimum atomic E-state index is -3.56. The van der Waals surface area contributed by atoms with Crippen LogP contribution in [0, 0.1) is 12.7 Å². The van der Waals surface area contributed by atoms with Gasteiger partial charge in [-0.25, -0.2) is 12.8 Å². The fourth-order valence-corrected chi connectivity index (χ4v) is 4.18. The van der Waals surface area contributed by atoms with Gasteiger partial charge in [0.25, 0.3) is 0 Å². The Labute approximate surface area is 139 Å². The summed E-state index contributed by atoms with van der Waals surface area (Å²) in [5.41, 5.74) is 3.73. The van der Waals surface area contributed by atoms with Crippen LogP contribution >= 0.6 is 11.8 Å². The van der Waals surface area contributed by atoms with Crippen LogP contribution in [0.2, 0.25) is 0 Å². The molecule has 0 bridgehead atoms. The summed E-state index contributed by atoms with van der Waals surface area (Å²) in [6.07, 6.45) is 1.01. The Morgan fingerprint density at radius 3 is 2.61 bits per heavy atom. The van der Waals surface area contributed by atoms with Gasteiger partial charge in [-0.15, -0.1) is 11.8 Å². The van der Waals surface area contributed by atoms with Crippen molar-refractivity contribution in [1.29, 1.82) is 0 Å². The first-order valence-corrected chi connectivity index (χ1v) is 9.96. The van der Waals surface area contributed by atoms with Crippen molar-refractivity contribution in [3.63, 3.8) is 0 Å². The molecular weight excluding hydrogens is 333 g/mol. The molecule has 2 aromatic rings. The van der Waals surface area contributed by atoms with Crippen molar-refractivity contribution in [2.24, 2.45) is 0 Å². The quantitative estimate of drug-likeness (QED) is 0.838. The molecule has 0 atom stereocenters. The molecule has 0 saturated carbocycles. The third kappa shape index (κ3) is 3.28. The van der Waals surface area contributed by atoms with Crippen LogP contribution in [0.5, 0.6) is 0 Å². The van der Waals surface area contributed by atoms with Crippen LogP contribution in [0.1, 0.15) is 11.1 Å². The SMILES string of the molecule is Cc1cccc(N2CSC=C2c2ccc(S(C)(=O)=O)c(F)c2)c1. The van der Waals surface area contributed by atoms with E-state index < -0.39 is 15.7 Å². The number of halogens is 1. The predicted octanol–water partition coefficient (Wildman–Crippen LogP) is 4.05. The van der Waals surface area contributed by atoms with Crippen LogP contribution in [-0.4, -0.2) is 20.6 Å². The summed E-state index contributed by atoms with van der Waals surface area (Å²) in [5.74, 6) is 0.0285. The van der Waals surface area contributed by atoms with Gasteiger partial charge in [-0.3, -0.25) is 0 Å². The van der Waals surface area contributed by atoms with Gasteiger partial charge in [0.2, 0.25) is 0 Å². The van der Waals surface area contributed by atoms with Crippen molar-refractivity contribution >= 4 is 33.0 Å². The molecule has 2 aromatic carbocycles. The zero-order chi connectivity index (χ0) is 16.6. The van der Waals surface area contributed by atoms with Crippen molar-refractivity contribution in [2.75, 3.05) is 17.0 Å². The summed E-state index contributed by atoms with van der Waals surface area (Å²) < 4.78 is 37.2. The molecule has 3 nitrogen and oxygen atoms in total. The maximum Gasteiger partial charge on any atom is 0.178 e. The van der Waals surface area contributed by atoms with Crippen molar-refractivity contribution in [3.8, 4) is 0 Å². The Kier molecular flexibility index (Phi) is 4.21. The largest absolute Gasteiger partial charge is 0.330 e. The van der Waals surface area contributed by atoms with E-state index in [4.69, 9.17) is 0 Å². The van der Waals surface area contributed by atoms with E-state index in [1.54, 1.807) is 17.8 Å². The fraction of sp³-hybridized carbons (Fsp3) is 0.176. The molecule has 6 heteroatoms. The lowest BCUT2D eigenvalue weighted by atomic mass is 10.1. The fourth-order valence-electron chi connectivity index (χ4n) is 2.52. The van der Waals surface area contributed by atoms with E-state index in [1.165, 1.54) is 12.1 Å². The molecule has 0 fully saturated rings. The lowest BCUT2D eigenvalue weighted by Crippen LogP contribution is -2.17. The molecule has 23 heavy (non-hydrogen) atoms. The number of anilines is 1. The van der Waals surface area contributed by atoms with Crippen LogP contribution in [0.25, 0.3) is 5.70 Å². The number of rotatable bonds is 3. The molecule has 0 amide bonds. The Morgan fingerprint density at radius 2 is 1.96 bits per heavy atom. The first-order valence-electron chi connectivity index (χ1n) is 7.02. The topological polar surface area (TPSA) is 37.4 Å². The molecule has 3 rings (SSSR count). The molecule has 1 aliphatic heterocycles. The second kappa shape index (κ2) is 6.02. The first kappa shape index (κ1) is 16.1. The van der Waals surface area contributed by atoms with Crippen molar-refractivity contribution in [3.05, 3.63) is 64.8 Å². The number of sulfone groups is 1. The zero-order valence-electron chi connectivity index (χ0n) is 12.8. The van der Waals surface area contributed by atoms with Crippen LogP contribution in [0.15, 0.2) is 52.8 Å². The number of aryl methyl sites for hydroxylation is 1. The van der Waals surface area contributed by atoms with Crippen LogP contribution in [0.4, 0.5) is 10.1 Å². The highest BCUT2D eigenvalue weighted by molar-refractivity contribution is 8.02. The average Bonchev–Trinajstić information content (AvgIpc) is 2.95. The van der Waals surface area contributed by atoms with Gasteiger partial charge in [-0.2, -0.15) is 0 Å². The number of nitrogens with zero attached hydrogens (tertiary/aromatic N) is 1. The summed E-state index contributed by atoms with van der Waals surface area (Å²) in [6, 6.07) is 12.4. The van der Waals surface area contributed by atoms with Gasteiger partial charge in [0.05, 0.1) is 11.6 Å². The normalized spacial score (nSPS) is 14.9. The van der Waals surface area contributed by atoms with E-state index in [0.717, 1.165) is 29.1 Å². The third-order valence-corrected chi connectivity index (χ3v) is 5.56. The summed E-state index contributed by atoms with van der Waals surface area (Å²) in [7, 11) is -3.56. The Bertz CT molecular complexity index is 891. The van der Waals surface area contributed by atoms with Crippen LogP contribution in [0.3, 0.4) is 0 Å². The zero-order valence-corrected chi connectivity index (χ0v) is 14.4. The third-order valence-electron chi connectivity index (χ3n) is 3.63. The van der Waals surface area contributed by atoms with Gasteiger partial charge in [0.15, 0.2) is 9.84 Å². The standard InChI is InChI=1S/C17H16FNO2S2/c1-12-4-3-5-14(8-12)19-11-22-10-16(19)13-6-7-17(15(18)9-13)23(2,20)21/h3-10H,11H2,1-2H3. The molecule has 0 saturated heterocycles. The molecule has 0 aliphatic carbocycles. The van der Waals surface area contributed by atoms with Crippen LogP contribution < -0.4 is 4.90 Å². The number of hydrogen-bond donors (Lipinski definition) is 0. The second-order valence-electron chi connectivity index (χ2n) is 5.48. The Morgan fingerprint density at radius 1 is 1.17 bits per heavy atom. The van der Waals surface area contributed by atoms with E-state index in [-0.39, 0.29) is 4.90 Å².